The minimum atomic E-state index is -1.06. The highest BCUT2D eigenvalue weighted by atomic mass is 16.8. The van der Waals surface area contributed by atoms with E-state index in [1.54, 1.807) is 41.5 Å². The molecule has 206 valence electrons. The predicted molar refractivity (Wildman–Crippen MR) is 129 cm³/mol. The Hall–Kier alpha value is -1.50. The summed E-state index contributed by atoms with van der Waals surface area (Å²) in [6, 6.07) is 0. The molecule has 0 saturated carbocycles. The second-order valence-corrected chi connectivity index (χ2v) is 8.81. The molecule has 34 heavy (non-hydrogen) atoms. The van der Waals surface area contributed by atoms with Crippen molar-refractivity contribution >= 4 is 12.3 Å². The van der Waals surface area contributed by atoms with Gasteiger partial charge in [-0.15, -0.1) is 0 Å². The first-order valence-electron chi connectivity index (χ1n) is 11.6. The zero-order valence-electron chi connectivity index (χ0n) is 22.2. The van der Waals surface area contributed by atoms with Crippen LogP contribution < -0.4 is 5.73 Å². The van der Waals surface area contributed by atoms with E-state index in [2.05, 4.69) is 4.74 Å². The third kappa shape index (κ3) is 40.8. The van der Waals surface area contributed by atoms with Crippen molar-refractivity contribution in [1.29, 1.82) is 0 Å². The monoisotopic (exact) mass is 499 g/mol. The average Bonchev–Trinajstić information content (AvgIpc) is 3.27. The smallest absolute Gasteiger partial charge is 0.428 e. The van der Waals surface area contributed by atoms with Crippen LogP contribution in [0.1, 0.15) is 67.7 Å². The van der Waals surface area contributed by atoms with Gasteiger partial charge in [0.05, 0.1) is 33.0 Å². The van der Waals surface area contributed by atoms with E-state index in [-0.39, 0.29) is 13.2 Å². The molecule has 0 amide bonds. The molecule has 0 aliphatic carbocycles. The lowest BCUT2D eigenvalue weighted by atomic mass is 10.2. The molecule has 0 aromatic rings. The number of hydrogen-bond donors (Lipinski definition) is 3. The number of hydrogen-bond acceptors (Lipinski definition) is 11. The van der Waals surface area contributed by atoms with E-state index in [9.17, 15) is 9.59 Å². The van der Waals surface area contributed by atoms with Crippen molar-refractivity contribution < 1.29 is 48.2 Å². The summed E-state index contributed by atoms with van der Waals surface area (Å²) in [6.45, 7) is 17.0. The third-order valence-electron chi connectivity index (χ3n) is 2.85. The molecule has 0 radical (unpaired) electrons. The number of aliphatic hydroxyl groups is 2. The van der Waals surface area contributed by atoms with Crippen LogP contribution in [0, 0.1) is 0 Å². The van der Waals surface area contributed by atoms with Crippen LogP contribution in [-0.4, -0.2) is 93.1 Å². The van der Waals surface area contributed by atoms with Gasteiger partial charge >= 0.3 is 12.3 Å². The first kappa shape index (κ1) is 37.1. The van der Waals surface area contributed by atoms with Crippen LogP contribution in [0.25, 0.3) is 0 Å². The number of rotatable bonds is 8. The molecule has 0 unspecified atom stereocenters. The zero-order valence-corrected chi connectivity index (χ0v) is 22.2. The van der Waals surface area contributed by atoms with Crippen LogP contribution in [0.5, 0.6) is 0 Å². The number of nitrogens with two attached hydrogens (primary N) is 1. The molecule has 0 aromatic heterocycles. The molecular formula is C23H49NO10. The Balaban J connectivity index is -0.000000420. The average molecular weight is 500 g/mol. The van der Waals surface area contributed by atoms with E-state index in [0.29, 0.717) is 26.4 Å². The van der Waals surface area contributed by atoms with Gasteiger partial charge in [-0.05, 0) is 60.8 Å². The van der Waals surface area contributed by atoms with E-state index in [1.165, 1.54) is 12.8 Å². The highest BCUT2D eigenvalue weighted by Crippen LogP contribution is 2.11. The second kappa shape index (κ2) is 24.6. The van der Waals surface area contributed by atoms with Gasteiger partial charge in [-0.25, -0.2) is 9.59 Å². The minimum absolute atomic E-state index is 0.0833. The largest absolute Gasteiger partial charge is 0.519 e. The van der Waals surface area contributed by atoms with Crippen molar-refractivity contribution in [3.05, 3.63) is 0 Å². The summed E-state index contributed by atoms with van der Waals surface area (Å²) < 4.78 is 28.4. The lowest BCUT2D eigenvalue weighted by Gasteiger charge is -2.20. The first-order valence-corrected chi connectivity index (χ1v) is 11.6. The van der Waals surface area contributed by atoms with E-state index in [1.807, 2.05) is 6.92 Å². The van der Waals surface area contributed by atoms with Crippen molar-refractivity contribution in [1.82, 2.24) is 0 Å². The summed E-state index contributed by atoms with van der Waals surface area (Å²) in [5, 5.41) is 16.3. The van der Waals surface area contributed by atoms with Gasteiger partial charge in [0.1, 0.15) is 11.2 Å². The Bertz CT molecular complexity index is 406. The zero-order chi connectivity index (χ0) is 26.9. The first-order chi connectivity index (χ1) is 15.8. The Morgan fingerprint density at radius 2 is 1.21 bits per heavy atom. The van der Waals surface area contributed by atoms with Crippen molar-refractivity contribution in [3.63, 3.8) is 0 Å². The lowest BCUT2D eigenvalue weighted by molar-refractivity contribution is -0.0293. The summed E-state index contributed by atoms with van der Waals surface area (Å²) in [4.78, 5) is 22.0. The van der Waals surface area contributed by atoms with E-state index < -0.39 is 23.5 Å². The maximum Gasteiger partial charge on any atom is 0.519 e. The minimum Gasteiger partial charge on any atom is -0.428 e. The normalized spacial score (nSPS) is 12.6. The molecule has 11 heteroatoms. The van der Waals surface area contributed by atoms with Crippen LogP contribution >= 0.6 is 0 Å². The summed E-state index contributed by atoms with van der Waals surface area (Å²) in [6.07, 6.45) is 1.47. The van der Waals surface area contributed by atoms with Crippen LogP contribution in [-0.2, 0) is 28.4 Å². The van der Waals surface area contributed by atoms with E-state index >= 15 is 0 Å². The summed E-state index contributed by atoms with van der Waals surface area (Å²) in [7, 11) is 0. The fraction of sp³-hybridized carbons (Fsp3) is 0.913. The molecule has 1 heterocycles. The number of carbonyl (C=O) groups excluding carboxylic acids is 2. The van der Waals surface area contributed by atoms with Crippen LogP contribution in [0.3, 0.4) is 0 Å². The quantitative estimate of drug-likeness (QED) is 0.256. The fourth-order valence-corrected chi connectivity index (χ4v) is 1.68. The molecule has 1 aliphatic rings. The SMILES string of the molecule is C1CCOC1.CC(C)(C)OC(=O)OC(=O)OC(C)(C)C.CCCOCCO.NCCOCCO. The number of aliphatic hydroxyl groups excluding tert-OH is 2. The van der Waals surface area contributed by atoms with E-state index in [0.717, 1.165) is 26.2 Å². The molecular weight excluding hydrogens is 450 g/mol. The molecule has 1 rings (SSSR count). The Morgan fingerprint density at radius 1 is 0.794 bits per heavy atom. The number of ether oxygens (including phenoxy) is 6. The maximum atomic E-state index is 11.0. The molecule has 1 aliphatic heterocycles. The lowest BCUT2D eigenvalue weighted by Crippen LogP contribution is -2.29. The van der Waals surface area contributed by atoms with E-state index in [4.69, 9.17) is 39.6 Å². The van der Waals surface area contributed by atoms with Gasteiger partial charge < -0.3 is 44.4 Å². The molecule has 0 aromatic carbocycles. The second-order valence-electron chi connectivity index (χ2n) is 8.81. The van der Waals surface area contributed by atoms with Crippen molar-refractivity contribution in [2.45, 2.75) is 78.9 Å². The maximum absolute atomic E-state index is 11.0. The van der Waals surface area contributed by atoms with Crippen molar-refractivity contribution in [2.24, 2.45) is 5.73 Å². The van der Waals surface area contributed by atoms with Crippen LogP contribution in [0.4, 0.5) is 9.59 Å². The standard InChI is InChI=1S/C10H18O5.C5H12O2.C4H11NO2.C4H8O/c1-9(2,3)14-7(11)13-8(12)15-10(4,5)6;1-2-4-7-5-3-6;5-1-3-7-4-2-6;1-2-4-5-3-1/h1-6H3;6H,2-5H2,1H3;6H,1-5H2;1-4H2. The Morgan fingerprint density at radius 3 is 1.47 bits per heavy atom. The molecule has 1 fully saturated rings. The highest BCUT2D eigenvalue weighted by Gasteiger charge is 2.24. The summed E-state index contributed by atoms with van der Waals surface area (Å²) in [5.74, 6) is 0. The Labute approximate surface area is 205 Å². The molecule has 0 bridgehead atoms. The summed E-state index contributed by atoms with van der Waals surface area (Å²) in [5.41, 5.74) is 3.67. The van der Waals surface area contributed by atoms with Gasteiger partial charge in [0.2, 0.25) is 0 Å². The van der Waals surface area contributed by atoms with Gasteiger partial charge in [-0.1, -0.05) is 6.92 Å². The molecule has 0 spiro atoms. The predicted octanol–water partition coefficient (Wildman–Crippen LogP) is 3.03. The van der Waals surface area contributed by atoms with Gasteiger partial charge in [-0.3, -0.25) is 0 Å². The third-order valence-corrected chi connectivity index (χ3v) is 2.85. The molecule has 1 saturated heterocycles. The molecule has 11 nitrogen and oxygen atoms in total. The van der Waals surface area contributed by atoms with Gasteiger partial charge in [-0.2, -0.15) is 0 Å². The topological polar surface area (TPSA) is 156 Å². The molecule has 4 N–H and O–H groups in total. The van der Waals surface area contributed by atoms with Gasteiger partial charge in [0.25, 0.3) is 0 Å². The van der Waals surface area contributed by atoms with Crippen LogP contribution in [0.15, 0.2) is 0 Å². The van der Waals surface area contributed by atoms with Crippen molar-refractivity contribution in [2.75, 3.05) is 59.4 Å². The van der Waals surface area contributed by atoms with Gasteiger partial charge in [0.15, 0.2) is 0 Å². The number of carbonyl (C=O) groups is 2. The Kier molecular flexibility index (Phi) is 26.8. The van der Waals surface area contributed by atoms with Gasteiger partial charge in [0, 0.05) is 26.4 Å². The highest BCUT2D eigenvalue weighted by molar-refractivity contribution is 5.77. The van der Waals surface area contributed by atoms with Crippen LogP contribution in [0.2, 0.25) is 0 Å². The fourth-order valence-electron chi connectivity index (χ4n) is 1.68. The van der Waals surface area contributed by atoms with Crippen molar-refractivity contribution in [3.8, 4) is 0 Å². The summed E-state index contributed by atoms with van der Waals surface area (Å²) >= 11 is 0. The molecule has 0 atom stereocenters.